The summed E-state index contributed by atoms with van der Waals surface area (Å²) in [6.07, 6.45) is 4.07. The zero-order valence-corrected chi connectivity index (χ0v) is 10.3. The van der Waals surface area contributed by atoms with E-state index in [2.05, 4.69) is 0 Å². The third kappa shape index (κ3) is 2.92. The molecule has 1 aliphatic rings. The fraction of sp³-hybridized carbons (Fsp3) is 1.00. The van der Waals surface area contributed by atoms with Gasteiger partial charge in [-0.25, -0.2) is 8.42 Å². The van der Waals surface area contributed by atoms with Gasteiger partial charge in [0.15, 0.2) is 0 Å². The number of rotatable bonds is 5. The first-order valence-corrected chi connectivity index (χ1v) is 7.12. The Morgan fingerprint density at radius 3 is 2.27 bits per heavy atom. The van der Waals surface area contributed by atoms with Crippen molar-refractivity contribution in [2.75, 3.05) is 13.2 Å². The normalized spacial score (nSPS) is 19.3. The lowest BCUT2D eigenvalue weighted by atomic mass is 10.2. The van der Waals surface area contributed by atoms with E-state index in [4.69, 9.17) is 5.11 Å². The Balaban J connectivity index is 2.81. The number of hydrogen-bond donors (Lipinski definition) is 1. The minimum atomic E-state index is -3.21. The smallest absolute Gasteiger partial charge is 0.216 e. The molecule has 1 N–H and O–H groups in total. The van der Waals surface area contributed by atoms with Gasteiger partial charge in [-0.15, -0.1) is 0 Å². The molecular formula is C10H21NO3S. The van der Waals surface area contributed by atoms with Gasteiger partial charge in [0.05, 0.1) is 11.9 Å². The van der Waals surface area contributed by atoms with E-state index in [1.165, 1.54) is 4.31 Å². The highest BCUT2D eigenvalue weighted by atomic mass is 32.2. The summed E-state index contributed by atoms with van der Waals surface area (Å²) in [4.78, 5) is 0. The minimum Gasteiger partial charge on any atom is -0.395 e. The van der Waals surface area contributed by atoms with Gasteiger partial charge >= 0.3 is 0 Å². The van der Waals surface area contributed by atoms with Gasteiger partial charge in [-0.1, -0.05) is 12.8 Å². The van der Waals surface area contributed by atoms with E-state index in [1.54, 1.807) is 13.8 Å². The summed E-state index contributed by atoms with van der Waals surface area (Å²) in [5.41, 5.74) is 0. The van der Waals surface area contributed by atoms with Crippen LogP contribution in [-0.4, -0.2) is 42.3 Å². The van der Waals surface area contributed by atoms with Crippen LogP contribution in [0.1, 0.15) is 39.5 Å². The maximum absolute atomic E-state index is 12.0. The van der Waals surface area contributed by atoms with E-state index in [0.29, 0.717) is 0 Å². The number of hydrogen-bond acceptors (Lipinski definition) is 3. The fourth-order valence-electron chi connectivity index (χ4n) is 2.08. The molecule has 0 bridgehead atoms. The Morgan fingerprint density at radius 1 is 1.33 bits per heavy atom. The van der Waals surface area contributed by atoms with Crippen LogP contribution >= 0.6 is 0 Å². The molecule has 0 aliphatic heterocycles. The monoisotopic (exact) mass is 235 g/mol. The summed E-state index contributed by atoms with van der Waals surface area (Å²) >= 11 is 0. The highest BCUT2D eigenvalue weighted by Crippen LogP contribution is 2.26. The molecular weight excluding hydrogens is 214 g/mol. The van der Waals surface area contributed by atoms with Crippen molar-refractivity contribution >= 4 is 10.0 Å². The molecule has 0 radical (unpaired) electrons. The molecule has 0 aromatic carbocycles. The molecule has 0 amide bonds. The van der Waals surface area contributed by atoms with Crippen LogP contribution in [0.5, 0.6) is 0 Å². The quantitative estimate of drug-likeness (QED) is 0.772. The van der Waals surface area contributed by atoms with Crippen molar-refractivity contribution < 1.29 is 13.5 Å². The Bertz CT molecular complexity index is 281. The summed E-state index contributed by atoms with van der Waals surface area (Å²) in [6.45, 7) is 3.52. The van der Waals surface area contributed by atoms with Crippen molar-refractivity contribution in [2.45, 2.75) is 50.8 Å². The lowest BCUT2D eigenvalue weighted by Crippen LogP contribution is -2.44. The molecule has 0 aromatic rings. The molecule has 0 atom stereocenters. The predicted octanol–water partition coefficient (Wildman–Crippen LogP) is 0.961. The number of nitrogens with zero attached hydrogens (tertiary/aromatic N) is 1. The first-order valence-electron chi connectivity index (χ1n) is 5.61. The molecule has 0 saturated heterocycles. The molecule has 90 valence electrons. The van der Waals surface area contributed by atoms with Gasteiger partial charge in [-0.2, -0.15) is 4.31 Å². The zero-order valence-electron chi connectivity index (χ0n) is 9.52. The van der Waals surface area contributed by atoms with Crippen molar-refractivity contribution in [2.24, 2.45) is 0 Å². The molecule has 0 spiro atoms. The van der Waals surface area contributed by atoms with Gasteiger partial charge in [0.2, 0.25) is 10.0 Å². The van der Waals surface area contributed by atoms with Crippen LogP contribution in [0.2, 0.25) is 0 Å². The van der Waals surface area contributed by atoms with Crippen LogP contribution in [0.3, 0.4) is 0 Å². The summed E-state index contributed by atoms with van der Waals surface area (Å²) in [7, 11) is -3.21. The summed E-state index contributed by atoms with van der Waals surface area (Å²) in [6, 6.07) is 0.115. The van der Waals surface area contributed by atoms with Crippen LogP contribution in [-0.2, 0) is 10.0 Å². The highest BCUT2D eigenvalue weighted by molar-refractivity contribution is 7.89. The molecule has 0 unspecified atom stereocenters. The minimum absolute atomic E-state index is 0.0948. The highest BCUT2D eigenvalue weighted by Gasteiger charge is 2.33. The van der Waals surface area contributed by atoms with E-state index < -0.39 is 15.3 Å². The predicted molar refractivity (Wildman–Crippen MR) is 60.1 cm³/mol. The third-order valence-electron chi connectivity index (χ3n) is 2.97. The molecule has 1 aliphatic carbocycles. The van der Waals surface area contributed by atoms with Crippen molar-refractivity contribution in [3.63, 3.8) is 0 Å². The summed E-state index contributed by atoms with van der Waals surface area (Å²) in [5, 5.41) is 8.54. The molecule has 1 rings (SSSR count). The second-order valence-electron chi connectivity index (χ2n) is 4.37. The van der Waals surface area contributed by atoms with Gasteiger partial charge in [0.1, 0.15) is 0 Å². The topological polar surface area (TPSA) is 57.6 Å². The van der Waals surface area contributed by atoms with E-state index in [1.807, 2.05) is 0 Å². The Hall–Kier alpha value is -0.130. The van der Waals surface area contributed by atoms with E-state index >= 15 is 0 Å². The standard InChI is InChI=1S/C10H21NO3S/c1-9(2)15(13,14)11(7-8-12)10-5-3-4-6-10/h9-10,12H,3-8H2,1-2H3. The third-order valence-corrected chi connectivity index (χ3v) is 5.30. The average Bonchev–Trinajstić information content (AvgIpc) is 2.66. The maximum Gasteiger partial charge on any atom is 0.216 e. The number of sulfonamides is 1. The van der Waals surface area contributed by atoms with E-state index in [-0.39, 0.29) is 19.2 Å². The number of aliphatic hydroxyl groups excluding tert-OH is 1. The van der Waals surface area contributed by atoms with Crippen molar-refractivity contribution in [3.05, 3.63) is 0 Å². The van der Waals surface area contributed by atoms with Crippen molar-refractivity contribution in [1.29, 1.82) is 0 Å². The van der Waals surface area contributed by atoms with Crippen LogP contribution in [0, 0.1) is 0 Å². The van der Waals surface area contributed by atoms with Gasteiger partial charge in [-0.05, 0) is 26.7 Å². The molecule has 0 heterocycles. The van der Waals surface area contributed by atoms with E-state index in [9.17, 15) is 8.42 Å². The van der Waals surface area contributed by atoms with Gasteiger partial charge in [-0.3, -0.25) is 0 Å². The van der Waals surface area contributed by atoms with Crippen LogP contribution < -0.4 is 0 Å². The van der Waals surface area contributed by atoms with Crippen molar-refractivity contribution in [3.8, 4) is 0 Å². The van der Waals surface area contributed by atoms with Gasteiger partial charge in [0.25, 0.3) is 0 Å². The molecule has 15 heavy (non-hydrogen) atoms. The first-order chi connectivity index (χ1) is 7.00. The maximum atomic E-state index is 12.0. The Morgan fingerprint density at radius 2 is 1.87 bits per heavy atom. The van der Waals surface area contributed by atoms with Crippen LogP contribution in [0.25, 0.3) is 0 Å². The van der Waals surface area contributed by atoms with E-state index in [0.717, 1.165) is 25.7 Å². The second kappa shape index (κ2) is 5.27. The molecule has 1 saturated carbocycles. The number of aliphatic hydroxyl groups is 1. The largest absolute Gasteiger partial charge is 0.395 e. The zero-order chi connectivity index (χ0) is 11.5. The molecule has 1 fully saturated rings. The Labute approximate surface area is 92.3 Å². The molecule has 0 aromatic heterocycles. The molecule has 4 nitrogen and oxygen atoms in total. The van der Waals surface area contributed by atoms with Gasteiger partial charge in [0, 0.05) is 12.6 Å². The lowest BCUT2D eigenvalue weighted by molar-refractivity contribution is 0.225. The SMILES string of the molecule is CC(C)S(=O)(=O)N(CCO)C1CCCC1. The Kier molecular flexibility index (Phi) is 4.55. The van der Waals surface area contributed by atoms with Gasteiger partial charge < -0.3 is 5.11 Å². The lowest BCUT2D eigenvalue weighted by Gasteiger charge is -2.29. The molecule has 5 heteroatoms. The van der Waals surface area contributed by atoms with Crippen LogP contribution in [0.4, 0.5) is 0 Å². The average molecular weight is 235 g/mol. The first kappa shape index (κ1) is 12.9. The summed E-state index contributed by atoms with van der Waals surface area (Å²) in [5.74, 6) is 0. The fourth-order valence-corrected chi connectivity index (χ4v) is 3.58. The van der Waals surface area contributed by atoms with Crippen molar-refractivity contribution in [1.82, 2.24) is 4.31 Å². The van der Waals surface area contributed by atoms with Crippen LogP contribution in [0.15, 0.2) is 0 Å². The second-order valence-corrected chi connectivity index (χ2v) is 6.81. The summed E-state index contributed by atoms with van der Waals surface area (Å²) < 4.78 is 25.5.